The predicted octanol–water partition coefficient (Wildman–Crippen LogP) is 2.71. The maximum absolute atomic E-state index is 12.1. The van der Waals surface area contributed by atoms with Gasteiger partial charge >= 0.3 is 5.97 Å². The van der Waals surface area contributed by atoms with Gasteiger partial charge in [-0.25, -0.2) is 4.98 Å². The van der Waals surface area contributed by atoms with Gasteiger partial charge in [0, 0.05) is 5.56 Å². The molecule has 0 radical (unpaired) electrons. The minimum Gasteiger partial charge on any atom is -0.505 e. The van der Waals surface area contributed by atoms with Gasteiger partial charge in [0.2, 0.25) is 0 Å². The van der Waals surface area contributed by atoms with Gasteiger partial charge in [-0.2, -0.15) is 0 Å². The normalized spacial score (nSPS) is 11.5. The SMILES string of the molecule is CC(C)(C)c1ccc(-c2noc3cnc(C(=O)NCC(=O)O)c(O)c23)cc1. The van der Waals surface area contributed by atoms with Crippen LogP contribution in [0.4, 0.5) is 0 Å². The maximum Gasteiger partial charge on any atom is 0.322 e. The first-order valence-corrected chi connectivity index (χ1v) is 8.26. The first-order valence-electron chi connectivity index (χ1n) is 8.26. The molecule has 8 heteroatoms. The maximum atomic E-state index is 12.1. The molecule has 0 aliphatic heterocycles. The Hall–Kier alpha value is -3.42. The number of amides is 1. The van der Waals surface area contributed by atoms with Gasteiger partial charge in [-0.1, -0.05) is 50.2 Å². The van der Waals surface area contributed by atoms with Crippen molar-refractivity contribution in [3.05, 3.63) is 41.7 Å². The number of aromatic nitrogens is 2. The van der Waals surface area contributed by atoms with Crippen molar-refractivity contribution in [2.45, 2.75) is 26.2 Å². The molecule has 2 aromatic heterocycles. The summed E-state index contributed by atoms with van der Waals surface area (Å²) in [6.45, 7) is 5.73. The summed E-state index contributed by atoms with van der Waals surface area (Å²) in [5.74, 6) is -2.41. The van der Waals surface area contributed by atoms with E-state index < -0.39 is 24.2 Å². The molecule has 0 unspecified atom stereocenters. The number of aliphatic carboxylic acids is 1. The third-order valence-electron chi connectivity index (χ3n) is 4.13. The minimum absolute atomic E-state index is 0.00806. The lowest BCUT2D eigenvalue weighted by molar-refractivity contribution is -0.135. The number of nitrogens with one attached hydrogen (secondary N) is 1. The third-order valence-corrected chi connectivity index (χ3v) is 4.13. The molecule has 0 spiro atoms. The summed E-state index contributed by atoms with van der Waals surface area (Å²) >= 11 is 0. The molecule has 0 saturated carbocycles. The second kappa shape index (κ2) is 6.71. The molecule has 0 aliphatic rings. The average Bonchev–Trinajstić information content (AvgIpc) is 3.04. The van der Waals surface area contributed by atoms with Gasteiger partial charge in [0.05, 0.1) is 11.6 Å². The van der Waals surface area contributed by atoms with Crippen LogP contribution >= 0.6 is 0 Å². The van der Waals surface area contributed by atoms with E-state index in [0.29, 0.717) is 11.3 Å². The van der Waals surface area contributed by atoms with Crippen LogP contribution in [0.25, 0.3) is 22.2 Å². The van der Waals surface area contributed by atoms with Crippen molar-refractivity contribution in [2.75, 3.05) is 6.54 Å². The van der Waals surface area contributed by atoms with Gasteiger partial charge in [0.1, 0.15) is 12.2 Å². The van der Waals surface area contributed by atoms with E-state index in [9.17, 15) is 14.7 Å². The Bertz CT molecular complexity index is 1020. The molecule has 8 nitrogen and oxygen atoms in total. The highest BCUT2D eigenvalue weighted by Crippen LogP contribution is 2.36. The summed E-state index contributed by atoms with van der Waals surface area (Å²) in [5.41, 5.74) is 2.14. The van der Waals surface area contributed by atoms with Crippen molar-refractivity contribution in [3.63, 3.8) is 0 Å². The van der Waals surface area contributed by atoms with Gasteiger partial charge in [-0.15, -0.1) is 0 Å². The standard InChI is InChI=1S/C19H19N3O5/c1-19(2,3)11-6-4-10(5-7-11)15-14-12(27-22-15)8-20-16(17(14)25)18(26)21-9-13(23)24/h4-8,25H,9H2,1-3H3,(H,21,26)(H,23,24). The van der Waals surface area contributed by atoms with Crippen molar-refractivity contribution in [3.8, 4) is 17.0 Å². The van der Waals surface area contributed by atoms with E-state index in [0.717, 1.165) is 5.56 Å². The number of carboxylic acids is 1. The Kier molecular flexibility index (Phi) is 4.57. The molecule has 0 aliphatic carbocycles. The monoisotopic (exact) mass is 369 g/mol. The zero-order chi connectivity index (χ0) is 19.8. The number of carboxylic acid groups (broad SMARTS) is 1. The van der Waals surface area contributed by atoms with E-state index in [1.54, 1.807) is 0 Å². The second-order valence-electron chi connectivity index (χ2n) is 7.13. The molecule has 2 heterocycles. The minimum atomic E-state index is -1.20. The van der Waals surface area contributed by atoms with Crippen molar-refractivity contribution < 1.29 is 24.3 Å². The van der Waals surface area contributed by atoms with Crippen LogP contribution in [-0.2, 0) is 10.2 Å². The number of rotatable bonds is 4. The Morgan fingerprint density at radius 3 is 2.44 bits per heavy atom. The van der Waals surface area contributed by atoms with Gasteiger partial charge in [-0.3, -0.25) is 9.59 Å². The largest absolute Gasteiger partial charge is 0.505 e. The lowest BCUT2D eigenvalue weighted by atomic mass is 9.86. The number of nitrogens with zero attached hydrogens (tertiary/aromatic N) is 2. The fourth-order valence-corrected chi connectivity index (χ4v) is 2.65. The van der Waals surface area contributed by atoms with Crippen LogP contribution in [0.3, 0.4) is 0 Å². The molecule has 3 N–H and O–H groups in total. The fraction of sp³-hybridized carbons (Fsp3) is 0.263. The van der Waals surface area contributed by atoms with E-state index in [2.05, 4.69) is 36.2 Å². The van der Waals surface area contributed by atoms with Crippen molar-refractivity contribution in [2.24, 2.45) is 0 Å². The summed E-state index contributed by atoms with van der Waals surface area (Å²) in [6, 6.07) is 7.66. The quantitative estimate of drug-likeness (QED) is 0.645. The van der Waals surface area contributed by atoms with E-state index in [4.69, 9.17) is 9.63 Å². The number of aromatic hydroxyl groups is 1. The van der Waals surface area contributed by atoms with E-state index in [1.165, 1.54) is 6.20 Å². The Balaban J connectivity index is 2.03. The lowest BCUT2D eigenvalue weighted by Crippen LogP contribution is -2.29. The first-order chi connectivity index (χ1) is 12.7. The Morgan fingerprint density at radius 1 is 1.19 bits per heavy atom. The topological polar surface area (TPSA) is 126 Å². The number of benzene rings is 1. The average molecular weight is 369 g/mol. The lowest BCUT2D eigenvalue weighted by Gasteiger charge is -2.18. The molecule has 3 rings (SSSR count). The summed E-state index contributed by atoms with van der Waals surface area (Å²) in [6.07, 6.45) is 1.27. The predicted molar refractivity (Wildman–Crippen MR) is 97.6 cm³/mol. The molecule has 0 atom stereocenters. The van der Waals surface area contributed by atoms with Crippen LogP contribution in [0, 0.1) is 0 Å². The number of hydrogen-bond donors (Lipinski definition) is 3. The van der Waals surface area contributed by atoms with Gasteiger partial charge in [0.25, 0.3) is 5.91 Å². The number of carbonyl (C=O) groups excluding carboxylic acids is 1. The molecule has 0 fully saturated rings. The molecule has 1 aromatic carbocycles. The van der Waals surface area contributed by atoms with Crippen LogP contribution in [0.15, 0.2) is 35.0 Å². The Morgan fingerprint density at radius 2 is 1.85 bits per heavy atom. The summed E-state index contributed by atoms with van der Waals surface area (Å²) in [7, 11) is 0. The third kappa shape index (κ3) is 3.59. The van der Waals surface area contributed by atoms with Crippen LogP contribution in [-0.4, -0.2) is 38.8 Å². The number of pyridine rings is 1. The molecule has 1 amide bonds. The molecule has 140 valence electrons. The number of fused-ring (bicyclic) bond motifs is 1. The highest BCUT2D eigenvalue weighted by Gasteiger charge is 2.23. The first kappa shape index (κ1) is 18.4. The van der Waals surface area contributed by atoms with E-state index in [-0.39, 0.29) is 22.1 Å². The zero-order valence-corrected chi connectivity index (χ0v) is 15.1. The van der Waals surface area contributed by atoms with Crippen LogP contribution in [0.5, 0.6) is 5.75 Å². The van der Waals surface area contributed by atoms with Crippen molar-refractivity contribution in [1.29, 1.82) is 0 Å². The summed E-state index contributed by atoms with van der Waals surface area (Å²) < 4.78 is 5.22. The van der Waals surface area contributed by atoms with Gasteiger partial charge in [0.15, 0.2) is 17.0 Å². The highest BCUT2D eigenvalue weighted by atomic mass is 16.5. The van der Waals surface area contributed by atoms with Crippen molar-refractivity contribution in [1.82, 2.24) is 15.5 Å². The molecular weight excluding hydrogens is 350 g/mol. The van der Waals surface area contributed by atoms with Gasteiger partial charge < -0.3 is 20.1 Å². The fourth-order valence-electron chi connectivity index (χ4n) is 2.65. The van der Waals surface area contributed by atoms with Crippen LogP contribution in [0.1, 0.15) is 36.8 Å². The second-order valence-corrected chi connectivity index (χ2v) is 7.13. The molecule has 0 bridgehead atoms. The highest BCUT2D eigenvalue weighted by molar-refractivity contribution is 6.05. The molecular formula is C19H19N3O5. The van der Waals surface area contributed by atoms with Gasteiger partial charge in [-0.05, 0) is 11.0 Å². The van der Waals surface area contributed by atoms with Crippen LogP contribution < -0.4 is 5.32 Å². The van der Waals surface area contributed by atoms with Crippen molar-refractivity contribution >= 4 is 22.8 Å². The number of carbonyl (C=O) groups is 2. The van der Waals surface area contributed by atoms with Crippen LogP contribution in [0.2, 0.25) is 0 Å². The van der Waals surface area contributed by atoms with E-state index >= 15 is 0 Å². The molecule has 0 saturated heterocycles. The molecule has 27 heavy (non-hydrogen) atoms. The Labute approximate surface area is 154 Å². The smallest absolute Gasteiger partial charge is 0.322 e. The number of hydrogen-bond acceptors (Lipinski definition) is 6. The summed E-state index contributed by atoms with van der Waals surface area (Å²) in [4.78, 5) is 26.5. The van der Waals surface area contributed by atoms with E-state index in [1.807, 2.05) is 24.3 Å². The zero-order valence-electron chi connectivity index (χ0n) is 15.1. The summed E-state index contributed by atoms with van der Waals surface area (Å²) in [5, 5.41) is 25.6. The molecule has 3 aromatic rings.